The van der Waals surface area contributed by atoms with Crippen LogP contribution >= 0.6 is 0 Å². The third kappa shape index (κ3) is 4.40. The summed E-state index contributed by atoms with van der Waals surface area (Å²) in [5.41, 5.74) is -0.972. The maximum Gasteiger partial charge on any atom is 0.310 e. The first kappa shape index (κ1) is 25.2. The molecule has 1 aromatic heterocycles. The van der Waals surface area contributed by atoms with Crippen LogP contribution in [0.5, 0.6) is 0 Å². The molecule has 1 aliphatic carbocycles. The van der Waals surface area contributed by atoms with Gasteiger partial charge in [-0.15, -0.1) is 0 Å². The van der Waals surface area contributed by atoms with Gasteiger partial charge in [0.25, 0.3) is 0 Å². The van der Waals surface area contributed by atoms with Crippen molar-refractivity contribution in [2.45, 2.75) is 51.9 Å². The molecule has 1 saturated carbocycles. The average molecular weight is 467 g/mol. The Morgan fingerprint density at radius 1 is 1.15 bits per heavy atom. The molecule has 6 atom stereocenters. The first-order chi connectivity index (χ1) is 15.7. The van der Waals surface area contributed by atoms with Crippen LogP contribution in [0.15, 0.2) is 23.0 Å². The third-order valence-corrected chi connectivity index (χ3v) is 7.84. The number of esters is 3. The van der Waals surface area contributed by atoms with Crippen molar-refractivity contribution in [2.75, 3.05) is 28.4 Å². The average Bonchev–Trinajstić information content (AvgIpc) is 3.33. The van der Waals surface area contributed by atoms with Crippen molar-refractivity contribution < 1.29 is 42.5 Å². The lowest BCUT2D eigenvalue weighted by molar-refractivity contribution is -0.210. The van der Waals surface area contributed by atoms with Crippen LogP contribution in [-0.2, 0) is 38.1 Å². The highest BCUT2D eigenvalue weighted by Crippen LogP contribution is 2.63. The molecule has 1 aromatic rings. The van der Waals surface area contributed by atoms with E-state index in [0.717, 1.165) is 5.56 Å². The van der Waals surface area contributed by atoms with Gasteiger partial charge in [-0.05, 0) is 36.2 Å². The van der Waals surface area contributed by atoms with Crippen molar-refractivity contribution in [3.05, 3.63) is 24.2 Å². The first-order valence-electron chi connectivity index (χ1n) is 11.1. The lowest BCUT2D eigenvalue weighted by Crippen LogP contribution is -2.60. The van der Waals surface area contributed by atoms with Crippen molar-refractivity contribution >= 4 is 17.9 Å². The van der Waals surface area contributed by atoms with E-state index in [-0.39, 0.29) is 12.4 Å². The molecule has 0 spiro atoms. The Balaban J connectivity index is 2.09. The summed E-state index contributed by atoms with van der Waals surface area (Å²) in [5, 5.41) is 0. The lowest BCUT2D eigenvalue weighted by Gasteiger charge is -2.58. The second-order valence-electron chi connectivity index (χ2n) is 9.46. The summed E-state index contributed by atoms with van der Waals surface area (Å²) < 4.78 is 32.1. The highest BCUT2D eigenvalue weighted by molar-refractivity contribution is 5.82. The fourth-order valence-corrected chi connectivity index (χ4v) is 6.13. The Kier molecular flexibility index (Phi) is 7.53. The predicted octanol–water partition coefficient (Wildman–Crippen LogP) is 3.28. The number of ether oxygens (including phenoxy) is 5. The van der Waals surface area contributed by atoms with Crippen LogP contribution in [0.2, 0.25) is 0 Å². The molecular formula is C24H34O9. The van der Waals surface area contributed by atoms with Crippen LogP contribution in [-0.4, -0.2) is 52.6 Å². The van der Waals surface area contributed by atoms with Gasteiger partial charge in [-0.1, -0.05) is 13.8 Å². The molecule has 2 aliphatic rings. The fraction of sp³-hybridized carbons (Fsp3) is 0.708. The molecule has 3 rings (SSSR count). The summed E-state index contributed by atoms with van der Waals surface area (Å²) in [6.45, 7) is 3.81. The van der Waals surface area contributed by atoms with Crippen LogP contribution < -0.4 is 0 Å². The van der Waals surface area contributed by atoms with E-state index in [9.17, 15) is 14.4 Å². The van der Waals surface area contributed by atoms with Crippen molar-refractivity contribution in [1.29, 1.82) is 0 Å². The quantitative estimate of drug-likeness (QED) is 0.324. The fourth-order valence-electron chi connectivity index (χ4n) is 6.13. The second-order valence-corrected chi connectivity index (χ2v) is 9.46. The Morgan fingerprint density at radius 2 is 1.85 bits per heavy atom. The number of methoxy groups -OCH3 is 4. The molecule has 0 unspecified atom stereocenters. The zero-order valence-electron chi connectivity index (χ0n) is 20.1. The van der Waals surface area contributed by atoms with Gasteiger partial charge >= 0.3 is 17.9 Å². The van der Waals surface area contributed by atoms with Crippen LogP contribution in [0, 0.1) is 28.6 Å². The molecule has 1 aliphatic heterocycles. The number of furan rings is 1. The summed E-state index contributed by atoms with van der Waals surface area (Å²) in [4.78, 5) is 39.5. The highest BCUT2D eigenvalue weighted by Gasteiger charge is 2.65. The van der Waals surface area contributed by atoms with Gasteiger partial charge in [-0.3, -0.25) is 14.4 Å². The topological polar surface area (TPSA) is 110 Å². The summed E-state index contributed by atoms with van der Waals surface area (Å²) in [5.74, 6) is -3.28. The Morgan fingerprint density at radius 3 is 2.39 bits per heavy atom. The smallest absolute Gasteiger partial charge is 0.310 e. The molecule has 0 N–H and O–H groups in total. The monoisotopic (exact) mass is 466 g/mol. The van der Waals surface area contributed by atoms with Gasteiger partial charge in [0.1, 0.15) is 6.10 Å². The summed E-state index contributed by atoms with van der Waals surface area (Å²) in [6.07, 6.45) is 3.32. The predicted molar refractivity (Wildman–Crippen MR) is 115 cm³/mol. The van der Waals surface area contributed by atoms with E-state index in [1.54, 1.807) is 6.07 Å². The number of cyclic esters (lactones) is 1. The minimum absolute atomic E-state index is 0.194. The molecule has 1 saturated heterocycles. The van der Waals surface area contributed by atoms with E-state index in [2.05, 4.69) is 0 Å². The van der Waals surface area contributed by atoms with Crippen molar-refractivity contribution in [1.82, 2.24) is 0 Å². The zero-order valence-corrected chi connectivity index (χ0v) is 20.1. The standard InChI is InChI=1S/C24H34O9/c1-23(16(20(25)30-5)11-18(28-3)29-4)9-7-15-21(26)33-17(14-8-10-32-13-14)12-24(15,2)19(23)22(27)31-6/h8,10,13,15-19H,7,9,11-12H2,1-6H3/t15-,16-,17-,19-,23-,24-/m0/s1. The number of rotatable bonds is 8. The van der Waals surface area contributed by atoms with Crippen molar-refractivity contribution in [2.24, 2.45) is 28.6 Å². The Bertz CT molecular complexity index is 846. The summed E-state index contributed by atoms with van der Waals surface area (Å²) in [7, 11) is 5.63. The molecule has 2 heterocycles. The maximum atomic E-state index is 13.4. The molecule has 0 radical (unpaired) electrons. The van der Waals surface area contributed by atoms with Gasteiger partial charge in [0.2, 0.25) is 0 Å². The molecule has 9 heteroatoms. The van der Waals surface area contributed by atoms with Crippen molar-refractivity contribution in [3.8, 4) is 0 Å². The van der Waals surface area contributed by atoms with E-state index >= 15 is 0 Å². The van der Waals surface area contributed by atoms with E-state index in [4.69, 9.17) is 28.1 Å². The molecule has 9 nitrogen and oxygen atoms in total. The number of carbonyl (C=O) groups is 3. The van der Waals surface area contributed by atoms with Gasteiger partial charge in [-0.25, -0.2) is 0 Å². The minimum atomic E-state index is -0.876. The number of fused-ring (bicyclic) bond motifs is 1. The lowest BCUT2D eigenvalue weighted by atomic mass is 9.46. The Hall–Kier alpha value is -2.39. The highest BCUT2D eigenvalue weighted by atomic mass is 16.7. The molecule has 33 heavy (non-hydrogen) atoms. The van der Waals surface area contributed by atoms with Gasteiger partial charge in [0, 0.05) is 26.2 Å². The Labute approximate surface area is 194 Å². The number of hydrogen-bond donors (Lipinski definition) is 0. The van der Waals surface area contributed by atoms with Crippen LogP contribution in [0.4, 0.5) is 0 Å². The van der Waals surface area contributed by atoms with Gasteiger partial charge in [0.05, 0.1) is 44.5 Å². The van der Waals surface area contributed by atoms with Gasteiger partial charge in [0.15, 0.2) is 6.29 Å². The van der Waals surface area contributed by atoms with E-state index in [1.807, 2.05) is 13.8 Å². The number of carbonyl (C=O) groups excluding carboxylic acids is 3. The van der Waals surface area contributed by atoms with Crippen LogP contribution in [0.25, 0.3) is 0 Å². The molecule has 0 amide bonds. The molecule has 0 bridgehead atoms. The maximum absolute atomic E-state index is 13.4. The molecule has 2 fully saturated rings. The first-order valence-corrected chi connectivity index (χ1v) is 11.1. The SMILES string of the molecule is COC(=O)[C@H]1[C@](C)([C@@H](CC(OC)OC)C(=O)OC)CC[C@H]2C(=O)O[C@H](c3ccoc3)C[C@]12C. The van der Waals surface area contributed by atoms with Crippen LogP contribution in [0.3, 0.4) is 0 Å². The second kappa shape index (κ2) is 9.85. The van der Waals surface area contributed by atoms with Gasteiger partial charge < -0.3 is 28.1 Å². The molecule has 0 aromatic carbocycles. The zero-order chi connectivity index (χ0) is 24.4. The van der Waals surface area contributed by atoms with Crippen molar-refractivity contribution in [3.63, 3.8) is 0 Å². The summed E-state index contributed by atoms with van der Waals surface area (Å²) >= 11 is 0. The van der Waals surface area contributed by atoms with E-state index in [1.165, 1.54) is 41.0 Å². The van der Waals surface area contributed by atoms with E-state index < -0.39 is 52.9 Å². The summed E-state index contributed by atoms with van der Waals surface area (Å²) in [6, 6.07) is 1.75. The largest absolute Gasteiger partial charge is 0.472 e. The third-order valence-electron chi connectivity index (χ3n) is 7.84. The molecular weight excluding hydrogens is 432 g/mol. The molecule has 184 valence electrons. The van der Waals surface area contributed by atoms with Gasteiger partial charge in [-0.2, -0.15) is 0 Å². The van der Waals surface area contributed by atoms with E-state index in [0.29, 0.717) is 19.3 Å². The normalized spacial score (nSPS) is 32.6. The van der Waals surface area contributed by atoms with Crippen LogP contribution in [0.1, 0.15) is 51.2 Å². The minimum Gasteiger partial charge on any atom is -0.472 e. The number of hydrogen-bond acceptors (Lipinski definition) is 9.